The summed E-state index contributed by atoms with van der Waals surface area (Å²) in [7, 11) is 1.64. The lowest BCUT2D eigenvalue weighted by atomic mass is 10.1. The van der Waals surface area contributed by atoms with E-state index in [0.29, 0.717) is 17.9 Å². The van der Waals surface area contributed by atoms with Crippen molar-refractivity contribution in [2.45, 2.75) is 12.8 Å². The van der Waals surface area contributed by atoms with Crippen LogP contribution in [0.15, 0.2) is 42.6 Å². The fourth-order valence-corrected chi connectivity index (χ4v) is 1.91. The van der Waals surface area contributed by atoms with E-state index < -0.39 is 0 Å². The highest BCUT2D eigenvalue weighted by Crippen LogP contribution is 2.11. The van der Waals surface area contributed by atoms with E-state index in [9.17, 15) is 4.79 Å². The molecule has 0 radical (unpaired) electrons. The van der Waals surface area contributed by atoms with Crippen molar-refractivity contribution in [2.75, 3.05) is 19.4 Å². The molecule has 2 aromatic rings. The number of carbonyl (C=O) groups excluding carboxylic acids is 1. The van der Waals surface area contributed by atoms with Crippen LogP contribution in [-0.4, -0.2) is 24.5 Å². The van der Waals surface area contributed by atoms with E-state index in [-0.39, 0.29) is 12.3 Å². The van der Waals surface area contributed by atoms with Crippen LogP contribution in [0.1, 0.15) is 11.3 Å². The monoisotopic (exact) mass is 285 g/mol. The Morgan fingerprint density at radius 2 is 2.00 bits per heavy atom. The lowest BCUT2D eigenvalue weighted by molar-refractivity contribution is -0.120. The molecule has 0 spiro atoms. The molecule has 2 rings (SSSR count). The molecule has 5 nitrogen and oxygen atoms in total. The lowest BCUT2D eigenvalue weighted by Gasteiger charge is -2.06. The number of benzene rings is 1. The number of nitrogens with one attached hydrogen (secondary N) is 1. The van der Waals surface area contributed by atoms with Crippen molar-refractivity contribution in [1.82, 2.24) is 10.3 Å². The quantitative estimate of drug-likeness (QED) is 0.844. The molecular formula is C16H19N3O2. The molecule has 1 amide bonds. The zero-order valence-corrected chi connectivity index (χ0v) is 12.0. The van der Waals surface area contributed by atoms with Crippen LogP contribution >= 0.6 is 0 Å². The summed E-state index contributed by atoms with van der Waals surface area (Å²) in [6.45, 7) is 0.597. The Bertz CT molecular complexity index is 579. The van der Waals surface area contributed by atoms with E-state index in [1.165, 1.54) is 0 Å². The van der Waals surface area contributed by atoms with Crippen LogP contribution in [0.2, 0.25) is 0 Å². The van der Waals surface area contributed by atoms with Gasteiger partial charge in [0.1, 0.15) is 5.75 Å². The zero-order chi connectivity index (χ0) is 15.1. The molecule has 21 heavy (non-hydrogen) atoms. The van der Waals surface area contributed by atoms with Crippen LogP contribution in [-0.2, 0) is 17.6 Å². The largest absolute Gasteiger partial charge is 0.497 e. The molecular weight excluding hydrogens is 266 g/mol. The van der Waals surface area contributed by atoms with Gasteiger partial charge in [0.25, 0.3) is 0 Å². The number of hydrogen-bond donors (Lipinski definition) is 2. The second kappa shape index (κ2) is 7.28. The minimum absolute atomic E-state index is 0.0409. The third-order valence-corrected chi connectivity index (χ3v) is 3.08. The molecule has 5 heteroatoms. The van der Waals surface area contributed by atoms with Gasteiger partial charge in [0.05, 0.1) is 25.4 Å². The van der Waals surface area contributed by atoms with E-state index in [4.69, 9.17) is 10.5 Å². The molecule has 0 aliphatic rings. The fraction of sp³-hybridized carbons (Fsp3) is 0.250. The fourth-order valence-electron chi connectivity index (χ4n) is 1.91. The molecule has 0 unspecified atom stereocenters. The molecule has 0 fully saturated rings. The van der Waals surface area contributed by atoms with Gasteiger partial charge < -0.3 is 15.8 Å². The van der Waals surface area contributed by atoms with Crippen LogP contribution in [0.3, 0.4) is 0 Å². The van der Waals surface area contributed by atoms with Crippen molar-refractivity contribution in [3.8, 4) is 5.75 Å². The average molecular weight is 285 g/mol. The average Bonchev–Trinajstić information content (AvgIpc) is 2.50. The number of amides is 1. The SMILES string of the molecule is COc1ccc(CCNC(=O)Cc2ccc(N)cn2)cc1. The Morgan fingerprint density at radius 3 is 2.62 bits per heavy atom. The van der Waals surface area contributed by atoms with Gasteiger partial charge in [0.15, 0.2) is 0 Å². The molecule has 0 saturated heterocycles. The van der Waals surface area contributed by atoms with E-state index in [2.05, 4.69) is 10.3 Å². The number of nitrogens with zero attached hydrogens (tertiary/aromatic N) is 1. The molecule has 0 aliphatic heterocycles. The Labute approximate surface area is 124 Å². The summed E-state index contributed by atoms with van der Waals surface area (Å²) in [5.74, 6) is 0.790. The van der Waals surface area contributed by atoms with Crippen LogP contribution in [0, 0.1) is 0 Å². The number of nitrogen functional groups attached to an aromatic ring is 1. The van der Waals surface area contributed by atoms with Gasteiger partial charge in [-0.2, -0.15) is 0 Å². The van der Waals surface area contributed by atoms with Gasteiger partial charge in [-0.1, -0.05) is 12.1 Å². The van der Waals surface area contributed by atoms with Crippen LogP contribution in [0.5, 0.6) is 5.75 Å². The Balaban J connectivity index is 1.74. The summed E-state index contributed by atoms with van der Waals surface area (Å²) in [4.78, 5) is 15.9. The first-order valence-corrected chi connectivity index (χ1v) is 6.77. The molecule has 1 heterocycles. The van der Waals surface area contributed by atoms with Crippen molar-refractivity contribution in [3.05, 3.63) is 53.9 Å². The number of anilines is 1. The number of hydrogen-bond acceptors (Lipinski definition) is 4. The molecule has 110 valence electrons. The van der Waals surface area contributed by atoms with Crippen LogP contribution < -0.4 is 15.8 Å². The number of pyridine rings is 1. The van der Waals surface area contributed by atoms with Crippen molar-refractivity contribution >= 4 is 11.6 Å². The molecule has 0 bridgehead atoms. The second-order valence-corrected chi connectivity index (χ2v) is 4.71. The second-order valence-electron chi connectivity index (χ2n) is 4.71. The molecule has 0 saturated carbocycles. The Hall–Kier alpha value is -2.56. The summed E-state index contributed by atoms with van der Waals surface area (Å²) in [5.41, 5.74) is 8.02. The number of nitrogens with two attached hydrogens (primary N) is 1. The minimum atomic E-state index is -0.0409. The van der Waals surface area contributed by atoms with Crippen molar-refractivity contribution in [1.29, 1.82) is 0 Å². The van der Waals surface area contributed by atoms with Crippen LogP contribution in [0.4, 0.5) is 5.69 Å². The van der Waals surface area contributed by atoms with Crippen LogP contribution in [0.25, 0.3) is 0 Å². The van der Waals surface area contributed by atoms with Gasteiger partial charge in [-0.15, -0.1) is 0 Å². The maximum atomic E-state index is 11.8. The normalized spacial score (nSPS) is 10.1. The van der Waals surface area contributed by atoms with E-state index >= 15 is 0 Å². The highest BCUT2D eigenvalue weighted by molar-refractivity contribution is 5.78. The third kappa shape index (κ3) is 4.80. The Morgan fingerprint density at radius 1 is 1.24 bits per heavy atom. The number of carbonyl (C=O) groups is 1. The third-order valence-electron chi connectivity index (χ3n) is 3.08. The van der Waals surface area contributed by atoms with Gasteiger partial charge >= 0.3 is 0 Å². The van der Waals surface area contributed by atoms with E-state index in [1.54, 1.807) is 25.4 Å². The van der Waals surface area contributed by atoms with Gasteiger partial charge in [-0.25, -0.2) is 0 Å². The molecule has 0 aliphatic carbocycles. The highest BCUT2D eigenvalue weighted by atomic mass is 16.5. The van der Waals surface area contributed by atoms with E-state index in [0.717, 1.165) is 17.7 Å². The maximum Gasteiger partial charge on any atom is 0.226 e. The first-order valence-electron chi connectivity index (χ1n) is 6.77. The summed E-state index contributed by atoms with van der Waals surface area (Å²) >= 11 is 0. The first kappa shape index (κ1) is 14.8. The van der Waals surface area contributed by atoms with Gasteiger partial charge in [-0.05, 0) is 36.2 Å². The lowest BCUT2D eigenvalue weighted by Crippen LogP contribution is -2.27. The van der Waals surface area contributed by atoms with Gasteiger partial charge in [-0.3, -0.25) is 9.78 Å². The summed E-state index contributed by atoms with van der Waals surface area (Å²) in [5, 5.41) is 2.88. The molecule has 1 aromatic heterocycles. The predicted octanol–water partition coefficient (Wildman–Crippen LogP) is 1.57. The number of ether oxygens (including phenoxy) is 1. The van der Waals surface area contributed by atoms with E-state index in [1.807, 2.05) is 24.3 Å². The maximum absolute atomic E-state index is 11.8. The molecule has 3 N–H and O–H groups in total. The minimum Gasteiger partial charge on any atom is -0.497 e. The number of rotatable bonds is 6. The topological polar surface area (TPSA) is 77.2 Å². The van der Waals surface area contributed by atoms with Crippen molar-refractivity contribution in [3.63, 3.8) is 0 Å². The smallest absolute Gasteiger partial charge is 0.226 e. The standard InChI is InChI=1S/C16H19N3O2/c1-21-15-6-2-12(3-7-15)8-9-18-16(20)10-14-5-4-13(17)11-19-14/h2-7,11H,8-10,17H2,1H3,(H,18,20). The summed E-state index contributed by atoms with van der Waals surface area (Å²) < 4.78 is 5.10. The van der Waals surface area contributed by atoms with Gasteiger partial charge in [0.2, 0.25) is 5.91 Å². The molecule has 1 aromatic carbocycles. The van der Waals surface area contributed by atoms with Crippen molar-refractivity contribution in [2.24, 2.45) is 0 Å². The zero-order valence-electron chi connectivity index (χ0n) is 12.0. The van der Waals surface area contributed by atoms with Crippen molar-refractivity contribution < 1.29 is 9.53 Å². The Kier molecular flexibility index (Phi) is 5.15. The summed E-state index contributed by atoms with van der Waals surface area (Å²) in [6, 6.07) is 11.3. The number of aromatic nitrogens is 1. The first-order chi connectivity index (χ1) is 10.2. The molecule has 0 atom stereocenters. The van der Waals surface area contributed by atoms with Gasteiger partial charge in [0, 0.05) is 12.2 Å². The summed E-state index contributed by atoms with van der Waals surface area (Å²) in [6.07, 6.45) is 2.60. The predicted molar refractivity (Wildman–Crippen MR) is 82.1 cm³/mol. The highest BCUT2D eigenvalue weighted by Gasteiger charge is 2.04. The number of methoxy groups -OCH3 is 1.